The number of amides is 4. The lowest BCUT2D eigenvalue weighted by Gasteiger charge is -2.36. The van der Waals surface area contributed by atoms with Crippen LogP contribution in [0.4, 0.5) is 9.93 Å². The smallest absolute Gasteiger partial charge is 0.325 e. The second-order valence-corrected chi connectivity index (χ2v) is 7.85. The topological polar surface area (TPSA) is 117 Å². The number of nitrogens with one attached hydrogen (secondary N) is 2. The van der Waals surface area contributed by atoms with Crippen LogP contribution in [0.5, 0.6) is 0 Å². The van der Waals surface area contributed by atoms with E-state index >= 15 is 0 Å². The highest BCUT2D eigenvalue weighted by Gasteiger charge is 2.55. The summed E-state index contributed by atoms with van der Waals surface area (Å²) in [4.78, 5) is 38.5. The van der Waals surface area contributed by atoms with Gasteiger partial charge in [0.15, 0.2) is 10.8 Å². The van der Waals surface area contributed by atoms with E-state index in [1.807, 2.05) is 6.92 Å². The van der Waals surface area contributed by atoms with Gasteiger partial charge in [-0.05, 0) is 30.9 Å². The van der Waals surface area contributed by atoms with Crippen molar-refractivity contribution in [1.82, 2.24) is 20.4 Å². The van der Waals surface area contributed by atoms with Gasteiger partial charge in [-0.25, -0.2) is 4.79 Å². The molecule has 2 atom stereocenters. The van der Waals surface area contributed by atoms with Crippen LogP contribution >= 0.6 is 11.3 Å². The summed E-state index contributed by atoms with van der Waals surface area (Å²) in [6.45, 7) is 1.62. The Morgan fingerprint density at radius 1 is 1.44 bits per heavy atom. The van der Waals surface area contributed by atoms with E-state index in [1.165, 1.54) is 6.26 Å². The number of carbonyl (C=O) groups excluding carboxylic acids is 3. The highest BCUT2D eigenvalue weighted by molar-refractivity contribution is 7.18. The minimum Gasteiger partial charge on any atom is -0.462 e. The van der Waals surface area contributed by atoms with E-state index in [2.05, 4.69) is 20.8 Å². The van der Waals surface area contributed by atoms with Gasteiger partial charge in [-0.1, -0.05) is 31.1 Å². The third-order valence-electron chi connectivity index (χ3n) is 5.21. The second-order valence-electron chi connectivity index (χ2n) is 6.88. The quantitative estimate of drug-likeness (QED) is 0.775. The number of anilines is 1. The van der Waals surface area contributed by atoms with Crippen LogP contribution in [-0.4, -0.2) is 45.0 Å². The van der Waals surface area contributed by atoms with Crippen LogP contribution in [0, 0.1) is 5.92 Å². The number of carbonyl (C=O) groups is 3. The third kappa shape index (κ3) is 3.09. The molecule has 0 aromatic carbocycles. The Morgan fingerprint density at radius 3 is 3.04 bits per heavy atom. The van der Waals surface area contributed by atoms with Crippen molar-refractivity contribution < 1.29 is 18.8 Å². The summed E-state index contributed by atoms with van der Waals surface area (Å²) in [7, 11) is 0. The number of urea groups is 1. The average molecular weight is 389 g/mol. The first kappa shape index (κ1) is 17.7. The lowest BCUT2D eigenvalue weighted by molar-refractivity contribution is -0.136. The van der Waals surface area contributed by atoms with Gasteiger partial charge in [-0.2, -0.15) is 0 Å². The molecule has 1 saturated carbocycles. The standard InChI is InChI=1S/C17H19N5O4S/c1-10-5-2-3-7-17(10)14(24)22(16(25)19-17)9-12(23)18-15-21-20-13(27-15)11-6-4-8-26-11/h4,6,8,10H,2-3,5,7,9H2,1H3,(H,19,25)(H,18,21,23). The zero-order chi connectivity index (χ0) is 19.0. The van der Waals surface area contributed by atoms with Gasteiger partial charge in [0, 0.05) is 0 Å². The fraction of sp³-hybridized carbons (Fsp3) is 0.471. The van der Waals surface area contributed by atoms with E-state index in [0.29, 0.717) is 17.2 Å². The molecule has 1 aliphatic carbocycles. The molecule has 2 N–H and O–H groups in total. The van der Waals surface area contributed by atoms with Gasteiger partial charge in [-0.3, -0.25) is 19.8 Å². The van der Waals surface area contributed by atoms with Crippen molar-refractivity contribution in [2.75, 3.05) is 11.9 Å². The van der Waals surface area contributed by atoms with Crippen molar-refractivity contribution in [2.45, 2.75) is 38.1 Å². The van der Waals surface area contributed by atoms with Crippen LogP contribution in [0.15, 0.2) is 22.8 Å². The summed E-state index contributed by atoms with van der Waals surface area (Å²) < 4.78 is 5.24. The number of imide groups is 1. The molecule has 2 unspecified atom stereocenters. The zero-order valence-corrected chi connectivity index (χ0v) is 15.5. The largest absolute Gasteiger partial charge is 0.462 e. The maximum atomic E-state index is 12.9. The molecule has 1 spiro atoms. The van der Waals surface area contributed by atoms with Gasteiger partial charge in [0.1, 0.15) is 12.1 Å². The van der Waals surface area contributed by atoms with Crippen LogP contribution < -0.4 is 10.6 Å². The lowest BCUT2D eigenvalue weighted by atomic mass is 9.73. The first-order chi connectivity index (χ1) is 13.0. The van der Waals surface area contributed by atoms with Crippen LogP contribution in [0.3, 0.4) is 0 Å². The minimum absolute atomic E-state index is 0.0507. The first-order valence-corrected chi connectivity index (χ1v) is 9.62. The Balaban J connectivity index is 1.42. The highest BCUT2D eigenvalue weighted by atomic mass is 32.1. The van der Waals surface area contributed by atoms with Crippen molar-refractivity contribution in [3.05, 3.63) is 18.4 Å². The normalized spacial score (nSPS) is 25.1. The molecular weight excluding hydrogens is 370 g/mol. The molecule has 1 saturated heterocycles. The predicted molar refractivity (Wildman–Crippen MR) is 96.8 cm³/mol. The van der Waals surface area contributed by atoms with Gasteiger partial charge < -0.3 is 9.73 Å². The summed E-state index contributed by atoms with van der Waals surface area (Å²) in [5.41, 5.74) is -0.870. The fourth-order valence-electron chi connectivity index (χ4n) is 3.71. The molecule has 1 aliphatic heterocycles. The van der Waals surface area contributed by atoms with E-state index in [1.54, 1.807) is 12.1 Å². The van der Waals surface area contributed by atoms with E-state index in [9.17, 15) is 14.4 Å². The fourth-order valence-corrected chi connectivity index (χ4v) is 4.44. The molecule has 10 heteroatoms. The molecule has 0 bridgehead atoms. The van der Waals surface area contributed by atoms with Crippen molar-refractivity contribution in [3.63, 3.8) is 0 Å². The highest BCUT2D eigenvalue weighted by Crippen LogP contribution is 2.38. The first-order valence-electron chi connectivity index (χ1n) is 8.81. The number of hydrogen-bond acceptors (Lipinski definition) is 7. The summed E-state index contributed by atoms with van der Waals surface area (Å²) in [6, 6.07) is 2.95. The Labute approximate surface area is 159 Å². The molecule has 2 aromatic heterocycles. The summed E-state index contributed by atoms with van der Waals surface area (Å²) in [5.74, 6) is -0.213. The molecule has 4 rings (SSSR count). The van der Waals surface area contributed by atoms with Crippen LogP contribution in [0.2, 0.25) is 0 Å². The molecule has 142 valence electrons. The number of aromatic nitrogens is 2. The lowest BCUT2D eigenvalue weighted by Crippen LogP contribution is -2.54. The Kier molecular flexibility index (Phi) is 4.42. The van der Waals surface area contributed by atoms with E-state index in [-0.39, 0.29) is 23.5 Å². The summed E-state index contributed by atoms with van der Waals surface area (Å²) in [6.07, 6.45) is 4.94. The average Bonchev–Trinajstić information content (AvgIpc) is 3.36. The van der Waals surface area contributed by atoms with Crippen LogP contribution in [-0.2, 0) is 9.59 Å². The van der Waals surface area contributed by atoms with Gasteiger partial charge in [-0.15, -0.1) is 10.2 Å². The van der Waals surface area contributed by atoms with Crippen molar-refractivity contribution in [1.29, 1.82) is 0 Å². The van der Waals surface area contributed by atoms with Gasteiger partial charge in [0.05, 0.1) is 6.26 Å². The number of hydrogen-bond donors (Lipinski definition) is 2. The summed E-state index contributed by atoms with van der Waals surface area (Å²) >= 11 is 1.15. The number of nitrogens with zero attached hydrogens (tertiary/aromatic N) is 3. The molecular formula is C17H19N5O4S. The minimum atomic E-state index is -0.870. The zero-order valence-electron chi connectivity index (χ0n) is 14.7. The van der Waals surface area contributed by atoms with E-state index < -0.39 is 17.5 Å². The number of furan rings is 1. The molecule has 3 heterocycles. The van der Waals surface area contributed by atoms with Gasteiger partial charge in [0.25, 0.3) is 5.91 Å². The van der Waals surface area contributed by atoms with E-state index in [4.69, 9.17) is 4.42 Å². The van der Waals surface area contributed by atoms with Gasteiger partial charge >= 0.3 is 6.03 Å². The predicted octanol–water partition coefficient (Wildman–Crippen LogP) is 2.24. The Morgan fingerprint density at radius 2 is 2.30 bits per heavy atom. The third-order valence-corrected chi connectivity index (χ3v) is 6.06. The van der Waals surface area contributed by atoms with Gasteiger partial charge in [0.2, 0.25) is 11.0 Å². The van der Waals surface area contributed by atoms with Crippen molar-refractivity contribution in [3.8, 4) is 10.8 Å². The maximum absolute atomic E-state index is 12.9. The second kappa shape index (κ2) is 6.76. The van der Waals surface area contributed by atoms with Crippen LogP contribution in [0.25, 0.3) is 10.8 Å². The molecule has 4 amide bonds. The van der Waals surface area contributed by atoms with E-state index in [0.717, 1.165) is 35.5 Å². The Bertz CT molecular complexity index is 880. The van der Waals surface area contributed by atoms with Crippen molar-refractivity contribution >= 4 is 34.3 Å². The van der Waals surface area contributed by atoms with Crippen LogP contribution in [0.1, 0.15) is 32.6 Å². The molecule has 2 aliphatic rings. The molecule has 2 aromatic rings. The maximum Gasteiger partial charge on any atom is 0.325 e. The molecule has 0 radical (unpaired) electrons. The molecule has 27 heavy (non-hydrogen) atoms. The van der Waals surface area contributed by atoms with Crippen molar-refractivity contribution in [2.24, 2.45) is 5.92 Å². The monoisotopic (exact) mass is 389 g/mol. The Hall–Kier alpha value is -2.75. The molecule has 2 fully saturated rings. The molecule has 9 nitrogen and oxygen atoms in total. The number of rotatable bonds is 4. The summed E-state index contributed by atoms with van der Waals surface area (Å²) in [5, 5.41) is 14.1. The SMILES string of the molecule is CC1CCCCC12NC(=O)N(CC(=O)Nc1nnc(-c3ccco3)s1)C2=O.